The number of nitrogens with zero attached hydrogens (tertiary/aromatic N) is 1. The Morgan fingerprint density at radius 3 is 2.58 bits per heavy atom. The number of hydrogen-bond acceptors (Lipinski definition) is 4. The number of amides is 1. The fraction of sp³-hybridized carbons (Fsp3) is 0.632. The number of carbonyl (C=O) groups is 1. The molecule has 1 amide bonds. The van der Waals surface area contributed by atoms with Gasteiger partial charge in [0.15, 0.2) is 0 Å². The summed E-state index contributed by atoms with van der Waals surface area (Å²) in [6.07, 6.45) is 4.18. The van der Waals surface area contributed by atoms with Crippen LogP contribution in [0.5, 0.6) is 11.5 Å². The Labute approximate surface area is 144 Å². The number of ether oxygens (including phenoxy) is 2. The lowest BCUT2D eigenvalue weighted by molar-refractivity contribution is -0.123. The van der Waals surface area contributed by atoms with Crippen LogP contribution in [0.25, 0.3) is 0 Å². The molecule has 1 N–H and O–H groups in total. The highest BCUT2D eigenvalue weighted by Crippen LogP contribution is 2.51. The highest BCUT2D eigenvalue weighted by atomic mass is 16.5. The third-order valence-electron chi connectivity index (χ3n) is 5.45. The Morgan fingerprint density at radius 2 is 1.96 bits per heavy atom. The number of nitrogens with one attached hydrogen (secondary N) is 1. The number of rotatable bonds is 6. The van der Waals surface area contributed by atoms with E-state index in [0.29, 0.717) is 12.1 Å². The minimum absolute atomic E-state index is 0.0596. The molecular weight excluding hydrogens is 304 g/mol. The maximum Gasteiger partial charge on any atom is 0.223 e. The van der Waals surface area contributed by atoms with Crippen molar-refractivity contribution in [2.75, 3.05) is 28.3 Å². The van der Waals surface area contributed by atoms with Gasteiger partial charge >= 0.3 is 0 Å². The van der Waals surface area contributed by atoms with Gasteiger partial charge in [0.05, 0.1) is 14.2 Å². The minimum atomic E-state index is 0.0596. The van der Waals surface area contributed by atoms with Crippen LogP contribution in [-0.4, -0.2) is 51.2 Å². The average molecular weight is 332 g/mol. The zero-order valence-electron chi connectivity index (χ0n) is 15.0. The molecule has 24 heavy (non-hydrogen) atoms. The SMILES string of the molecule is COc1ccc(OC)c([C@@H]2C[C@@H]2C(=O)N[C@H]2CC[C@@H](N(C)C)C2)c1. The molecule has 3 rings (SSSR count). The third-order valence-corrected chi connectivity index (χ3v) is 5.45. The molecule has 0 aliphatic heterocycles. The number of hydrogen-bond donors (Lipinski definition) is 1. The van der Waals surface area contributed by atoms with Crippen molar-refractivity contribution < 1.29 is 14.3 Å². The highest BCUT2D eigenvalue weighted by Gasteiger charge is 2.46. The molecule has 1 aromatic rings. The summed E-state index contributed by atoms with van der Waals surface area (Å²) in [5, 5.41) is 3.25. The Kier molecular flexibility index (Phi) is 4.99. The van der Waals surface area contributed by atoms with E-state index in [0.717, 1.165) is 42.7 Å². The van der Waals surface area contributed by atoms with Crippen molar-refractivity contribution in [3.63, 3.8) is 0 Å². The first-order valence-corrected chi connectivity index (χ1v) is 8.72. The van der Waals surface area contributed by atoms with Gasteiger partial charge in [0, 0.05) is 29.5 Å². The van der Waals surface area contributed by atoms with Gasteiger partial charge in [-0.2, -0.15) is 0 Å². The molecular formula is C19H28N2O3. The summed E-state index contributed by atoms with van der Waals surface area (Å²) in [4.78, 5) is 14.8. The lowest BCUT2D eigenvalue weighted by Crippen LogP contribution is -2.36. The molecule has 0 radical (unpaired) electrons. The zero-order chi connectivity index (χ0) is 17.3. The van der Waals surface area contributed by atoms with Gasteiger partial charge in [0.1, 0.15) is 11.5 Å². The Balaban J connectivity index is 1.60. The van der Waals surface area contributed by atoms with Crippen molar-refractivity contribution in [1.29, 1.82) is 0 Å². The molecule has 0 heterocycles. The summed E-state index contributed by atoms with van der Waals surface area (Å²) < 4.78 is 10.8. The maximum atomic E-state index is 12.6. The Hall–Kier alpha value is -1.75. The fourth-order valence-corrected chi connectivity index (χ4v) is 3.82. The minimum Gasteiger partial charge on any atom is -0.497 e. The van der Waals surface area contributed by atoms with E-state index >= 15 is 0 Å². The van der Waals surface area contributed by atoms with Crippen molar-refractivity contribution in [3.05, 3.63) is 23.8 Å². The first-order chi connectivity index (χ1) is 11.5. The summed E-state index contributed by atoms with van der Waals surface area (Å²) in [7, 11) is 7.55. The van der Waals surface area contributed by atoms with E-state index < -0.39 is 0 Å². The second kappa shape index (κ2) is 7.01. The van der Waals surface area contributed by atoms with Crippen molar-refractivity contribution in [2.45, 2.75) is 43.7 Å². The predicted octanol–water partition coefficient (Wildman–Crippen LogP) is 2.41. The summed E-state index contributed by atoms with van der Waals surface area (Å²) in [6, 6.07) is 6.70. The molecule has 0 aromatic heterocycles. The van der Waals surface area contributed by atoms with Gasteiger partial charge in [-0.3, -0.25) is 4.79 Å². The van der Waals surface area contributed by atoms with E-state index in [1.807, 2.05) is 18.2 Å². The van der Waals surface area contributed by atoms with Gasteiger partial charge in [-0.15, -0.1) is 0 Å². The van der Waals surface area contributed by atoms with Gasteiger partial charge < -0.3 is 19.7 Å². The molecule has 1 aromatic carbocycles. The predicted molar refractivity (Wildman–Crippen MR) is 93.7 cm³/mol. The summed E-state index contributed by atoms with van der Waals surface area (Å²) in [6.45, 7) is 0. The van der Waals surface area contributed by atoms with Crippen LogP contribution in [0.4, 0.5) is 0 Å². The molecule has 0 unspecified atom stereocenters. The summed E-state index contributed by atoms with van der Waals surface area (Å²) in [5.74, 6) is 2.13. The first kappa shape index (κ1) is 17.1. The normalized spacial score (nSPS) is 28.7. The second-order valence-electron chi connectivity index (χ2n) is 7.19. The quantitative estimate of drug-likeness (QED) is 0.869. The molecule has 2 aliphatic carbocycles. The lowest BCUT2D eigenvalue weighted by Gasteiger charge is -2.19. The molecule has 0 saturated heterocycles. The molecule has 2 saturated carbocycles. The Bertz CT molecular complexity index is 602. The summed E-state index contributed by atoms with van der Waals surface area (Å²) in [5.41, 5.74) is 1.08. The van der Waals surface area contributed by atoms with Gasteiger partial charge in [0.25, 0.3) is 0 Å². The molecule has 0 bridgehead atoms. The van der Waals surface area contributed by atoms with Crippen LogP contribution >= 0.6 is 0 Å². The molecule has 0 spiro atoms. The van der Waals surface area contributed by atoms with Crippen molar-refractivity contribution in [1.82, 2.24) is 10.2 Å². The highest BCUT2D eigenvalue weighted by molar-refractivity contribution is 5.83. The van der Waals surface area contributed by atoms with E-state index in [1.54, 1.807) is 14.2 Å². The van der Waals surface area contributed by atoms with E-state index in [9.17, 15) is 4.79 Å². The van der Waals surface area contributed by atoms with E-state index in [1.165, 1.54) is 0 Å². The van der Waals surface area contributed by atoms with Gasteiger partial charge in [0.2, 0.25) is 5.91 Å². The van der Waals surface area contributed by atoms with E-state index in [4.69, 9.17) is 9.47 Å². The number of carbonyl (C=O) groups excluding carboxylic acids is 1. The van der Waals surface area contributed by atoms with Gasteiger partial charge in [-0.1, -0.05) is 0 Å². The van der Waals surface area contributed by atoms with Crippen molar-refractivity contribution in [2.24, 2.45) is 5.92 Å². The number of benzene rings is 1. The van der Waals surface area contributed by atoms with Crippen molar-refractivity contribution >= 4 is 5.91 Å². The average Bonchev–Trinajstić information content (AvgIpc) is 3.25. The second-order valence-corrected chi connectivity index (χ2v) is 7.19. The maximum absolute atomic E-state index is 12.6. The number of methoxy groups -OCH3 is 2. The Morgan fingerprint density at radius 1 is 1.17 bits per heavy atom. The van der Waals surface area contributed by atoms with Crippen molar-refractivity contribution in [3.8, 4) is 11.5 Å². The smallest absolute Gasteiger partial charge is 0.223 e. The van der Waals surface area contributed by atoms with E-state index in [2.05, 4.69) is 24.3 Å². The monoisotopic (exact) mass is 332 g/mol. The third kappa shape index (κ3) is 3.51. The summed E-state index contributed by atoms with van der Waals surface area (Å²) >= 11 is 0. The van der Waals surface area contributed by atoms with Crippen LogP contribution in [0, 0.1) is 5.92 Å². The van der Waals surface area contributed by atoms with Crippen LogP contribution in [0.1, 0.15) is 37.2 Å². The van der Waals surface area contributed by atoms with Crippen LogP contribution in [0.3, 0.4) is 0 Å². The van der Waals surface area contributed by atoms with Crippen LogP contribution in [0.15, 0.2) is 18.2 Å². The molecule has 2 fully saturated rings. The molecule has 5 nitrogen and oxygen atoms in total. The first-order valence-electron chi connectivity index (χ1n) is 8.72. The molecule has 4 atom stereocenters. The molecule has 2 aliphatic rings. The molecule has 132 valence electrons. The lowest BCUT2D eigenvalue weighted by atomic mass is 10.1. The fourth-order valence-electron chi connectivity index (χ4n) is 3.82. The zero-order valence-corrected chi connectivity index (χ0v) is 15.0. The van der Waals surface area contributed by atoms with Crippen LogP contribution in [0.2, 0.25) is 0 Å². The molecule has 5 heteroatoms. The van der Waals surface area contributed by atoms with Gasteiger partial charge in [-0.25, -0.2) is 0 Å². The standard InChI is InChI=1S/C19H28N2O3/c1-21(2)13-6-5-12(9-13)20-19(22)17-11-15(17)16-10-14(23-3)7-8-18(16)24-4/h7-8,10,12-13,15,17H,5-6,9,11H2,1-4H3,(H,20,22)/t12-,13+,15-,17-/m0/s1. The van der Waals surface area contributed by atoms with Crippen LogP contribution in [-0.2, 0) is 4.79 Å². The van der Waals surface area contributed by atoms with Gasteiger partial charge in [-0.05, 0) is 58.0 Å². The van der Waals surface area contributed by atoms with E-state index in [-0.39, 0.29) is 17.7 Å². The largest absolute Gasteiger partial charge is 0.497 e. The van der Waals surface area contributed by atoms with Crippen LogP contribution < -0.4 is 14.8 Å². The topological polar surface area (TPSA) is 50.8 Å².